The first-order valence-electron chi connectivity index (χ1n) is 10.1. The van der Waals surface area contributed by atoms with Crippen LogP contribution in [0.2, 0.25) is 0 Å². The third kappa shape index (κ3) is 2.90. The molecule has 0 saturated carbocycles. The number of nitrogens with one attached hydrogen (secondary N) is 2. The third-order valence-electron chi connectivity index (χ3n) is 6.11. The second-order valence-electron chi connectivity index (χ2n) is 8.38. The zero-order chi connectivity index (χ0) is 20.2. The van der Waals surface area contributed by atoms with Gasteiger partial charge in [-0.25, -0.2) is 0 Å². The van der Waals surface area contributed by atoms with Gasteiger partial charge in [-0.3, -0.25) is 19.3 Å². The van der Waals surface area contributed by atoms with Gasteiger partial charge in [-0.05, 0) is 51.3 Å². The van der Waals surface area contributed by atoms with E-state index in [9.17, 15) is 9.59 Å². The van der Waals surface area contributed by atoms with Gasteiger partial charge in [0.05, 0.1) is 17.2 Å². The van der Waals surface area contributed by atoms with Gasteiger partial charge in [0.1, 0.15) is 11.4 Å². The number of carbonyl (C=O) groups is 2. The molecule has 5 rings (SSSR count). The highest BCUT2D eigenvalue weighted by atomic mass is 16.2. The van der Waals surface area contributed by atoms with Crippen molar-refractivity contribution in [2.24, 2.45) is 0 Å². The van der Waals surface area contributed by atoms with Crippen molar-refractivity contribution in [2.45, 2.75) is 44.7 Å². The van der Waals surface area contributed by atoms with Gasteiger partial charge in [0.15, 0.2) is 0 Å². The molecule has 150 valence electrons. The van der Waals surface area contributed by atoms with E-state index in [-0.39, 0.29) is 23.4 Å². The van der Waals surface area contributed by atoms with Gasteiger partial charge in [0.2, 0.25) is 0 Å². The average Bonchev–Trinajstić information content (AvgIpc) is 3.32. The standard InChI is InChI=1S/C21H24N6O2/c1-13(2)27-18-14(12-23-27)11-21(25-19(18)28)5-8-26(9-6-21)20(29)17-10-16-15(24-17)4-3-7-22-16/h3-4,7,10,12-13,24H,5-6,8-9,11H2,1-2H3,(H,25,28). The van der Waals surface area contributed by atoms with Crippen molar-refractivity contribution >= 4 is 22.8 Å². The quantitative estimate of drug-likeness (QED) is 0.699. The summed E-state index contributed by atoms with van der Waals surface area (Å²) in [6.45, 7) is 5.26. The molecule has 0 unspecified atom stereocenters. The highest BCUT2D eigenvalue weighted by Gasteiger charge is 2.43. The SMILES string of the molecule is CC(C)n1ncc2c1C(=O)NC1(CCN(C(=O)c3cc4ncccc4[nH]3)CC1)C2. The van der Waals surface area contributed by atoms with E-state index in [1.165, 1.54) is 0 Å². The molecule has 5 heterocycles. The number of hydrogen-bond acceptors (Lipinski definition) is 4. The largest absolute Gasteiger partial charge is 0.349 e. The van der Waals surface area contributed by atoms with Gasteiger partial charge in [-0.15, -0.1) is 0 Å². The number of hydrogen-bond donors (Lipinski definition) is 2. The molecule has 3 aromatic heterocycles. The molecular weight excluding hydrogens is 368 g/mol. The summed E-state index contributed by atoms with van der Waals surface area (Å²) < 4.78 is 1.79. The van der Waals surface area contributed by atoms with Crippen molar-refractivity contribution in [1.29, 1.82) is 0 Å². The van der Waals surface area contributed by atoms with Crippen molar-refractivity contribution in [3.8, 4) is 0 Å². The Balaban J connectivity index is 1.32. The Morgan fingerprint density at radius 3 is 2.79 bits per heavy atom. The molecule has 8 heteroatoms. The minimum atomic E-state index is -0.298. The van der Waals surface area contributed by atoms with Crippen molar-refractivity contribution in [3.05, 3.63) is 47.5 Å². The number of H-pyrrole nitrogens is 1. The number of nitrogens with zero attached hydrogens (tertiary/aromatic N) is 4. The van der Waals surface area contributed by atoms with Crippen molar-refractivity contribution in [2.75, 3.05) is 13.1 Å². The molecule has 8 nitrogen and oxygen atoms in total. The Labute approximate surface area is 168 Å². The summed E-state index contributed by atoms with van der Waals surface area (Å²) in [5.74, 6) is -0.0766. The first-order valence-corrected chi connectivity index (χ1v) is 10.1. The number of amides is 2. The van der Waals surface area contributed by atoms with Crippen LogP contribution in [0.15, 0.2) is 30.6 Å². The smallest absolute Gasteiger partial charge is 0.270 e. The zero-order valence-corrected chi connectivity index (χ0v) is 16.6. The van der Waals surface area contributed by atoms with Gasteiger partial charge >= 0.3 is 0 Å². The number of aromatic amines is 1. The van der Waals surface area contributed by atoms with E-state index in [0.29, 0.717) is 24.5 Å². The van der Waals surface area contributed by atoms with E-state index in [1.807, 2.05) is 37.1 Å². The minimum Gasteiger partial charge on any atom is -0.349 e. The number of likely N-dealkylation sites (tertiary alicyclic amines) is 1. The Bertz CT molecular complexity index is 1070. The second kappa shape index (κ2) is 6.43. The van der Waals surface area contributed by atoms with Crippen LogP contribution in [-0.2, 0) is 6.42 Å². The molecule has 0 bridgehead atoms. The number of carbonyl (C=O) groups excluding carboxylic acids is 2. The van der Waals surface area contributed by atoms with Gasteiger partial charge in [-0.2, -0.15) is 5.10 Å². The first kappa shape index (κ1) is 17.9. The van der Waals surface area contributed by atoms with Crippen LogP contribution >= 0.6 is 0 Å². The van der Waals surface area contributed by atoms with Gasteiger partial charge in [-0.1, -0.05) is 0 Å². The highest BCUT2D eigenvalue weighted by Crippen LogP contribution is 2.33. The number of piperidine rings is 1. The fourth-order valence-corrected chi connectivity index (χ4v) is 4.56. The molecule has 29 heavy (non-hydrogen) atoms. The van der Waals surface area contributed by atoms with Crippen LogP contribution < -0.4 is 5.32 Å². The summed E-state index contributed by atoms with van der Waals surface area (Å²) in [6.07, 6.45) is 5.77. The van der Waals surface area contributed by atoms with Crippen LogP contribution in [0.1, 0.15) is 59.3 Å². The summed E-state index contributed by atoms with van der Waals surface area (Å²) >= 11 is 0. The molecular formula is C21H24N6O2. The van der Waals surface area contributed by atoms with Gasteiger partial charge in [0.25, 0.3) is 11.8 Å². The van der Waals surface area contributed by atoms with E-state index < -0.39 is 0 Å². The molecule has 2 aliphatic rings. The van der Waals surface area contributed by atoms with Crippen LogP contribution in [0.4, 0.5) is 0 Å². The molecule has 1 spiro atoms. The predicted molar refractivity (Wildman–Crippen MR) is 108 cm³/mol. The second-order valence-corrected chi connectivity index (χ2v) is 8.38. The molecule has 2 aliphatic heterocycles. The number of rotatable bonds is 2. The number of pyridine rings is 1. The lowest BCUT2D eigenvalue weighted by molar-refractivity contribution is 0.0599. The van der Waals surface area contributed by atoms with Crippen LogP contribution in [0.5, 0.6) is 0 Å². The molecule has 0 aromatic carbocycles. The topological polar surface area (TPSA) is 95.9 Å². The average molecular weight is 392 g/mol. The van der Waals surface area contributed by atoms with Crippen molar-refractivity contribution in [1.82, 2.24) is 30.0 Å². The maximum absolute atomic E-state index is 12.9. The molecule has 0 atom stereocenters. The van der Waals surface area contributed by atoms with Crippen LogP contribution in [0.25, 0.3) is 11.0 Å². The minimum absolute atomic E-state index is 0.0201. The lowest BCUT2D eigenvalue weighted by Crippen LogP contribution is -2.59. The highest BCUT2D eigenvalue weighted by molar-refractivity contribution is 5.97. The van der Waals surface area contributed by atoms with Crippen molar-refractivity contribution < 1.29 is 9.59 Å². The Morgan fingerprint density at radius 1 is 1.28 bits per heavy atom. The summed E-state index contributed by atoms with van der Waals surface area (Å²) in [6, 6.07) is 5.70. The number of aromatic nitrogens is 4. The monoisotopic (exact) mass is 392 g/mol. The van der Waals surface area contributed by atoms with Gasteiger partial charge < -0.3 is 15.2 Å². The molecule has 1 saturated heterocycles. The normalized spacial score (nSPS) is 18.3. The summed E-state index contributed by atoms with van der Waals surface area (Å²) in [5, 5.41) is 7.65. The maximum Gasteiger partial charge on any atom is 0.270 e. The lowest BCUT2D eigenvalue weighted by Gasteiger charge is -2.44. The molecule has 2 amide bonds. The van der Waals surface area contributed by atoms with Crippen LogP contribution in [0, 0.1) is 0 Å². The fourth-order valence-electron chi connectivity index (χ4n) is 4.56. The maximum atomic E-state index is 12.9. The molecule has 3 aromatic rings. The van der Waals surface area contributed by atoms with Crippen LogP contribution in [0.3, 0.4) is 0 Å². The summed E-state index contributed by atoms with van der Waals surface area (Å²) in [7, 11) is 0. The molecule has 2 N–H and O–H groups in total. The Hall–Kier alpha value is -3.16. The lowest BCUT2D eigenvalue weighted by atomic mass is 9.79. The summed E-state index contributed by atoms with van der Waals surface area (Å²) in [4.78, 5) is 35.1. The van der Waals surface area contributed by atoms with E-state index in [2.05, 4.69) is 20.4 Å². The fraction of sp³-hybridized carbons (Fsp3) is 0.429. The van der Waals surface area contributed by atoms with E-state index >= 15 is 0 Å². The van der Waals surface area contributed by atoms with Gasteiger partial charge in [0, 0.05) is 36.4 Å². The van der Waals surface area contributed by atoms with Crippen molar-refractivity contribution in [3.63, 3.8) is 0 Å². The van der Waals surface area contributed by atoms with E-state index in [0.717, 1.165) is 35.9 Å². The molecule has 1 fully saturated rings. The van der Waals surface area contributed by atoms with Crippen LogP contribution in [-0.4, -0.2) is 55.1 Å². The number of fused-ring (bicyclic) bond motifs is 2. The molecule has 0 aliphatic carbocycles. The Morgan fingerprint density at radius 2 is 2.07 bits per heavy atom. The predicted octanol–water partition coefficient (Wildman–Crippen LogP) is 2.30. The summed E-state index contributed by atoms with van der Waals surface area (Å²) in [5.41, 5.74) is 3.59. The third-order valence-corrected chi connectivity index (χ3v) is 6.11. The Kier molecular flexibility index (Phi) is 3.97. The van der Waals surface area contributed by atoms with E-state index in [4.69, 9.17) is 0 Å². The molecule has 0 radical (unpaired) electrons. The first-order chi connectivity index (χ1) is 14.0. The van der Waals surface area contributed by atoms with E-state index in [1.54, 1.807) is 16.9 Å². The zero-order valence-electron chi connectivity index (χ0n) is 16.6.